The number of urea groups is 1. The van der Waals surface area contributed by atoms with E-state index >= 15 is 0 Å². The molecule has 1 aliphatic rings. The lowest BCUT2D eigenvalue weighted by atomic mass is 10.0. The molecule has 3 rings (SSSR count). The van der Waals surface area contributed by atoms with Crippen LogP contribution < -0.4 is 10.2 Å². The minimum Gasteiger partial charge on any atom is -0.506 e. The van der Waals surface area contributed by atoms with Crippen molar-refractivity contribution in [3.8, 4) is 5.75 Å². The predicted molar refractivity (Wildman–Crippen MR) is 84.0 cm³/mol. The molecular weight excluding hydrogens is 264 g/mol. The van der Waals surface area contributed by atoms with E-state index < -0.39 is 0 Å². The number of amides is 2. The number of phenols is 1. The van der Waals surface area contributed by atoms with Gasteiger partial charge in [0.1, 0.15) is 5.75 Å². The Kier molecular flexibility index (Phi) is 3.52. The second-order valence-electron chi connectivity index (χ2n) is 5.34. The van der Waals surface area contributed by atoms with Gasteiger partial charge in [-0.15, -0.1) is 0 Å². The first-order valence-electron chi connectivity index (χ1n) is 7.11. The number of nitrogens with one attached hydrogen (secondary N) is 1. The summed E-state index contributed by atoms with van der Waals surface area (Å²) < 4.78 is 0. The number of carbonyl (C=O) groups excluding carboxylic acids is 1. The Bertz CT molecular complexity index is 665. The Morgan fingerprint density at radius 2 is 1.95 bits per heavy atom. The summed E-state index contributed by atoms with van der Waals surface area (Å²) in [6.45, 7) is 2.62. The van der Waals surface area contributed by atoms with Gasteiger partial charge in [0.2, 0.25) is 0 Å². The number of hydrogen-bond acceptors (Lipinski definition) is 2. The SMILES string of the molecule is Cc1ccc(NC(=O)N2CCCc3cccc(O)c32)cc1. The second kappa shape index (κ2) is 5.48. The largest absolute Gasteiger partial charge is 0.506 e. The van der Waals surface area contributed by atoms with E-state index in [4.69, 9.17) is 0 Å². The molecule has 1 aliphatic heterocycles. The van der Waals surface area contributed by atoms with Gasteiger partial charge in [0.25, 0.3) is 0 Å². The predicted octanol–water partition coefficient (Wildman–Crippen LogP) is 3.69. The van der Waals surface area contributed by atoms with Crippen LogP contribution in [0, 0.1) is 6.92 Å². The maximum Gasteiger partial charge on any atom is 0.326 e. The van der Waals surface area contributed by atoms with Crippen molar-refractivity contribution in [1.82, 2.24) is 0 Å². The number of para-hydroxylation sites is 1. The van der Waals surface area contributed by atoms with Gasteiger partial charge in [0.05, 0.1) is 5.69 Å². The van der Waals surface area contributed by atoms with Crippen LogP contribution in [0.1, 0.15) is 17.5 Å². The Hall–Kier alpha value is -2.49. The van der Waals surface area contributed by atoms with E-state index in [1.54, 1.807) is 11.0 Å². The Morgan fingerprint density at radius 3 is 2.71 bits per heavy atom. The van der Waals surface area contributed by atoms with Gasteiger partial charge in [0.15, 0.2) is 0 Å². The maximum absolute atomic E-state index is 12.5. The molecule has 1 heterocycles. The van der Waals surface area contributed by atoms with Crippen LogP contribution in [0.15, 0.2) is 42.5 Å². The lowest BCUT2D eigenvalue weighted by Gasteiger charge is -2.30. The molecule has 0 unspecified atom stereocenters. The molecule has 0 saturated heterocycles. The van der Waals surface area contributed by atoms with Crippen molar-refractivity contribution in [3.63, 3.8) is 0 Å². The maximum atomic E-state index is 12.5. The summed E-state index contributed by atoms with van der Waals surface area (Å²) in [5.41, 5.74) is 3.55. The molecule has 0 aliphatic carbocycles. The van der Waals surface area contributed by atoms with Gasteiger partial charge in [-0.3, -0.25) is 4.90 Å². The zero-order valence-corrected chi connectivity index (χ0v) is 12.0. The molecule has 4 heteroatoms. The van der Waals surface area contributed by atoms with Gasteiger partial charge >= 0.3 is 6.03 Å². The molecule has 2 aromatic rings. The van der Waals surface area contributed by atoms with Crippen LogP contribution in [0.2, 0.25) is 0 Å². The van der Waals surface area contributed by atoms with Crippen LogP contribution in [-0.2, 0) is 6.42 Å². The number of aryl methyl sites for hydroxylation is 2. The Balaban J connectivity index is 1.85. The van der Waals surface area contributed by atoms with Crippen LogP contribution in [0.3, 0.4) is 0 Å². The summed E-state index contributed by atoms with van der Waals surface area (Å²) >= 11 is 0. The topological polar surface area (TPSA) is 52.6 Å². The van der Waals surface area contributed by atoms with E-state index in [-0.39, 0.29) is 11.8 Å². The fourth-order valence-electron chi connectivity index (χ4n) is 2.66. The monoisotopic (exact) mass is 282 g/mol. The highest BCUT2D eigenvalue weighted by Gasteiger charge is 2.25. The third-order valence-corrected chi connectivity index (χ3v) is 3.74. The molecule has 108 valence electrons. The van der Waals surface area contributed by atoms with Gasteiger partial charge in [-0.1, -0.05) is 29.8 Å². The van der Waals surface area contributed by atoms with Crippen LogP contribution >= 0.6 is 0 Å². The minimum atomic E-state index is -0.207. The number of benzene rings is 2. The number of rotatable bonds is 1. The third-order valence-electron chi connectivity index (χ3n) is 3.74. The lowest BCUT2D eigenvalue weighted by Crippen LogP contribution is -2.38. The number of hydrogen-bond donors (Lipinski definition) is 2. The number of carbonyl (C=O) groups is 1. The van der Waals surface area contributed by atoms with Crippen LogP contribution in [0.25, 0.3) is 0 Å². The van der Waals surface area contributed by atoms with Crippen molar-refractivity contribution < 1.29 is 9.90 Å². The number of nitrogens with zero attached hydrogens (tertiary/aromatic N) is 1. The Morgan fingerprint density at radius 1 is 1.19 bits per heavy atom. The molecule has 0 fully saturated rings. The molecule has 0 atom stereocenters. The van der Waals surface area contributed by atoms with Crippen molar-refractivity contribution in [2.24, 2.45) is 0 Å². The van der Waals surface area contributed by atoms with Crippen LogP contribution in [0.5, 0.6) is 5.75 Å². The number of aromatic hydroxyl groups is 1. The van der Waals surface area contributed by atoms with E-state index in [1.165, 1.54) is 0 Å². The first-order valence-corrected chi connectivity index (χ1v) is 7.11. The van der Waals surface area contributed by atoms with Crippen molar-refractivity contribution in [2.45, 2.75) is 19.8 Å². The smallest absolute Gasteiger partial charge is 0.326 e. The highest BCUT2D eigenvalue weighted by atomic mass is 16.3. The first kappa shape index (κ1) is 13.5. The van der Waals surface area contributed by atoms with Gasteiger partial charge in [-0.05, 0) is 43.5 Å². The van der Waals surface area contributed by atoms with E-state index in [0.29, 0.717) is 12.2 Å². The van der Waals surface area contributed by atoms with Crippen molar-refractivity contribution in [2.75, 3.05) is 16.8 Å². The summed E-state index contributed by atoms with van der Waals surface area (Å²) in [4.78, 5) is 14.1. The second-order valence-corrected chi connectivity index (χ2v) is 5.34. The van der Waals surface area contributed by atoms with Crippen molar-refractivity contribution in [3.05, 3.63) is 53.6 Å². The molecule has 4 nitrogen and oxygen atoms in total. The molecule has 2 amide bonds. The zero-order chi connectivity index (χ0) is 14.8. The van der Waals surface area contributed by atoms with Gasteiger partial charge < -0.3 is 10.4 Å². The van der Waals surface area contributed by atoms with Gasteiger partial charge in [-0.2, -0.15) is 0 Å². The first-order chi connectivity index (χ1) is 10.1. The summed E-state index contributed by atoms with van der Waals surface area (Å²) in [6, 6.07) is 12.9. The molecule has 2 aromatic carbocycles. The summed E-state index contributed by atoms with van der Waals surface area (Å²) in [7, 11) is 0. The third kappa shape index (κ3) is 2.70. The van der Waals surface area contributed by atoms with E-state index in [0.717, 1.165) is 29.7 Å². The average Bonchev–Trinajstić information content (AvgIpc) is 2.49. The number of phenolic OH excluding ortho intramolecular Hbond substituents is 1. The number of anilines is 2. The quantitative estimate of drug-likeness (QED) is 0.838. The van der Waals surface area contributed by atoms with E-state index in [9.17, 15) is 9.90 Å². The fraction of sp³-hybridized carbons (Fsp3) is 0.235. The molecule has 0 radical (unpaired) electrons. The van der Waals surface area contributed by atoms with Crippen LogP contribution in [0.4, 0.5) is 16.2 Å². The standard InChI is InChI=1S/C17H18N2O2/c1-12-7-9-14(10-8-12)18-17(21)19-11-3-5-13-4-2-6-15(20)16(13)19/h2,4,6-10,20H,3,5,11H2,1H3,(H,18,21). The van der Waals surface area contributed by atoms with E-state index in [1.807, 2.05) is 43.3 Å². The molecule has 0 spiro atoms. The number of fused-ring (bicyclic) bond motifs is 1. The molecule has 0 aromatic heterocycles. The van der Waals surface area contributed by atoms with Crippen molar-refractivity contribution >= 4 is 17.4 Å². The summed E-state index contributed by atoms with van der Waals surface area (Å²) in [5.74, 6) is 0.159. The highest BCUT2D eigenvalue weighted by Crippen LogP contribution is 2.35. The fourth-order valence-corrected chi connectivity index (χ4v) is 2.66. The van der Waals surface area contributed by atoms with Crippen molar-refractivity contribution in [1.29, 1.82) is 0 Å². The Labute approximate surface area is 124 Å². The minimum absolute atomic E-state index is 0.159. The molecule has 0 saturated carbocycles. The summed E-state index contributed by atoms with van der Waals surface area (Å²) in [5, 5.41) is 12.9. The van der Waals surface area contributed by atoms with Crippen LogP contribution in [-0.4, -0.2) is 17.7 Å². The van der Waals surface area contributed by atoms with Gasteiger partial charge in [-0.25, -0.2) is 4.79 Å². The highest BCUT2D eigenvalue weighted by molar-refractivity contribution is 6.03. The zero-order valence-electron chi connectivity index (χ0n) is 12.0. The summed E-state index contributed by atoms with van der Waals surface area (Å²) in [6.07, 6.45) is 1.79. The molecule has 0 bridgehead atoms. The van der Waals surface area contributed by atoms with E-state index in [2.05, 4.69) is 5.32 Å². The molecule has 21 heavy (non-hydrogen) atoms. The van der Waals surface area contributed by atoms with Gasteiger partial charge in [0, 0.05) is 12.2 Å². The average molecular weight is 282 g/mol. The molecule has 2 N–H and O–H groups in total. The molecular formula is C17H18N2O2. The lowest BCUT2D eigenvalue weighted by molar-refractivity contribution is 0.256. The normalized spacial score (nSPS) is 13.7.